The first kappa shape index (κ1) is 21.7. The molecule has 1 amide bonds. The van der Waals surface area contributed by atoms with Crippen molar-refractivity contribution in [3.8, 4) is 0 Å². The zero-order valence-corrected chi connectivity index (χ0v) is 16.9. The molecule has 5 heteroatoms. The highest BCUT2D eigenvalue weighted by Crippen LogP contribution is 2.13. The number of aromatic nitrogens is 1. The van der Waals surface area contributed by atoms with Gasteiger partial charge >= 0.3 is 0 Å². The zero-order chi connectivity index (χ0) is 19.2. The second-order valence-electron chi connectivity index (χ2n) is 7.78. The molecule has 0 atom stereocenters. The average Bonchev–Trinajstić information content (AvgIpc) is 3.19. The number of rotatable bonds is 14. The highest BCUT2D eigenvalue weighted by Gasteiger charge is 2.10. The van der Waals surface area contributed by atoms with Crippen LogP contribution >= 0.6 is 0 Å². The minimum absolute atomic E-state index is 0.120. The molecule has 0 aliphatic carbocycles. The van der Waals surface area contributed by atoms with E-state index in [2.05, 4.69) is 15.2 Å². The number of carbonyl (C=O) groups excluding carboxylic acids is 1. The minimum atomic E-state index is -0.120. The normalized spacial score (nSPS) is 14.5. The summed E-state index contributed by atoms with van der Waals surface area (Å²) in [6.45, 7) is 4.70. The van der Waals surface area contributed by atoms with Gasteiger partial charge in [0.15, 0.2) is 0 Å². The molecule has 2 rings (SSSR count). The molecule has 0 saturated carbocycles. The number of hydrogen-bond acceptors (Lipinski definition) is 4. The maximum atomic E-state index is 12.0. The molecule has 1 aromatic rings. The van der Waals surface area contributed by atoms with Crippen LogP contribution in [0.25, 0.3) is 0 Å². The number of likely N-dealkylation sites (tertiary alicyclic amines) is 1. The Morgan fingerprint density at radius 1 is 0.963 bits per heavy atom. The summed E-state index contributed by atoms with van der Waals surface area (Å²) in [5.41, 5.74) is 6.18. The van der Waals surface area contributed by atoms with Crippen molar-refractivity contribution in [1.29, 1.82) is 0 Å². The van der Waals surface area contributed by atoms with Crippen molar-refractivity contribution < 1.29 is 4.79 Å². The van der Waals surface area contributed by atoms with Crippen LogP contribution in [-0.2, 0) is 0 Å². The lowest BCUT2D eigenvalue weighted by atomic mass is 10.1. The van der Waals surface area contributed by atoms with Gasteiger partial charge in [0.25, 0.3) is 5.91 Å². The summed E-state index contributed by atoms with van der Waals surface area (Å²) in [6, 6.07) is 3.45. The minimum Gasteiger partial charge on any atom is -0.383 e. The fourth-order valence-corrected chi connectivity index (χ4v) is 3.79. The van der Waals surface area contributed by atoms with Gasteiger partial charge in [-0.15, -0.1) is 0 Å². The third-order valence-electron chi connectivity index (χ3n) is 5.47. The number of nitrogens with two attached hydrogens (primary N) is 1. The van der Waals surface area contributed by atoms with E-state index in [0.717, 1.165) is 6.42 Å². The molecule has 152 valence electrons. The Morgan fingerprint density at radius 3 is 2.19 bits per heavy atom. The Labute approximate surface area is 165 Å². The Morgan fingerprint density at radius 2 is 1.56 bits per heavy atom. The van der Waals surface area contributed by atoms with Gasteiger partial charge in [0.2, 0.25) is 0 Å². The fraction of sp³-hybridized carbons (Fsp3) is 0.727. The fourth-order valence-electron chi connectivity index (χ4n) is 3.79. The summed E-state index contributed by atoms with van der Waals surface area (Å²) in [5.74, 6) is 0.177. The quantitative estimate of drug-likeness (QED) is 0.474. The monoisotopic (exact) mass is 374 g/mol. The lowest BCUT2D eigenvalue weighted by Gasteiger charge is -2.13. The summed E-state index contributed by atoms with van der Waals surface area (Å²) < 4.78 is 0. The standard InChI is InChI=1S/C22H38N4O/c23-21-20(14-13-16-24-21)22(27)25-15-9-7-5-3-1-2-4-6-8-10-17-26-18-11-12-19-26/h13-14,16H,1-12,15,17-19H2,(H2,23,24)(H,25,27). The summed E-state index contributed by atoms with van der Waals surface area (Å²) >= 11 is 0. The molecule has 0 radical (unpaired) electrons. The largest absolute Gasteiger partial charge is 0.383 e. The molecule has 5 nitrogen and oxygen atoms in total. The van der Waals surface area contributed by atoms with Crippen LogP contribution in [0.5, 0.6) is 0 Å². The number of anilines is 1. The molecule has 1 fully saturated rings. The molecule has 0 spiro atoms. The number of unbranched alkanes of at least 4 members (excludes halogenated alkanes) is 9. The van der Waals surface area contributed by atoms with Crippen molar-refractivity contribution >= 4 is 11.7 Å². The Balaban J connectivity index is 1.32. The van der Waals surface area contributed by atoms with E-state index >= 15 is 0 Å². The van der Waals surface area contributed by atoms with Gasteiger partial charge in [0, 0.05) is 12.7 Å². The number of nitrogens with zero attached hydrogens (tertiary/aromatic N) is 2. The topological polar surface area (TPSA) is 71.2 Å². The number of hydrogen-bond donors (Lipinski definition) is 2. The molecule has 0 unspecified atom stereocenters. The van der Waals surface area contributed by atoms with Crippen molar-refractivity contribution in [3.05, 3.63) is 23.9 Å². The van der Waals surface area contributed by atoms with Gasteiger partial charge in [-0.25, -0.2) is 4.98 Å². The van der Waals surface area contributed by atoms with E-state index in [0.29, 0.717) is 17.9 Å². The van der Waals surface area contributed by atoms with Crippen LogP contribution in [0.4, 0.5) is 5.82 Å². The summed E-state index contributed by atoms with van der Waals surface area (Å²) in [4.78, 5) is 18.6. The van der Waals surface area contributed by atoms with E-state index in [1.807, 2.05) is 0 Å². The molecule has 2 heterocycles. The third-order valence-corrected chi connectivity index (χ3v) is 5.47. The zero-order valence-electron chi connectivity index (χ0n) is 16.9. The highest BCUT2D eigenvalue weighted by atomic mass is 16.1. The van der Waals surface area contributed by atoms with E-state index in [1.165, 1.54) is 90.3 Å². The lowest BCUT2D eigenvalue weighted by molar-refractivity contribution is 0.0953. The molecule has 0 bridgehead atoms. The highest BCUT2D eigenvalue weighted by molar-refractivity contribution is 5.98. The molecule has 1 aliphatic heterocycles. The molecular weight excluding hydrogens is 336 g/mol. The van der Waals surface area contributed by atoms with Crippen LogP contribution in [0, 0.1) is 0 Å². The van der Waals surface area contributed by atoms with Crippen LogP contribution in [0.2, 0.25) is 0 Å². The second kappa shape index (κ2) is 13.5. The van der Waals surface area contributed by atoms with E-state index in [4.69, 9.17) is 5.73 Å². The predicted molar refractivity (Wildman–Crippen MR) is 113 cm³/mol. The number of amides is 1. The molecule has 1 aromatic heterocycles. The molecule has 1 saturated heterocycles. The second-order valence-corrected chi connectivity index (χ2v) is 7.78. The van der Waals surface area contributed by atoms with Crippen molar-refractivity contribution in [1.82, 2.24) is 15.2 Å². The first-order chi connectivity index (χ1) is 13.3. The number of carbonyl (C=O) groups is 1. The predicted octanol–water partition coefficient (Wildman–Crippen LogP) is 4.39. The van der Waals surface area contributed by atoms with Gasteiger partial charge in [-0.1, -0.05) is 51.4 Å². The van der Waals surface area contributed by atoms with Gasteiger partial charge in [-0.3, -0.25) is 4.79 Å². The SMILES string of the molecule is Nc1ncccc1C(=O)NCCCCCCCCCCCCN1CCCC1. The summed E-state index contributed by atoms with van der Waals surface area (Å²) in [5, 5.41) is 2.93. The van der Waals surface area contributed by atoms with Crippen LogP contribution in [0.15, 0.2) is 18.3 Å². The van der Waals surface area contributed by atoms with Gasteiger partial charge in [0.1, 0.15) is 5.82 Å². The summed E-state index contributed by atoms with van der Waals surface area (Å²) in [7, 11) is 0. The molecule has 0 aromatic carbocycles. The van der Waals surface area contributed by atoms with Gasteiger partial charge < -0.3 is 16.0 Å². The first-order valence-electron chi connectivity index (χ1n) is 11.0. The number of nitrogens with one attached hydrogen (secondary N) is 1. The van der Waals surface area contributed by atoms with Crippen LogP contribution in [0.1, 0.15) is 87.4 Å². The molecule has 27 heavy (non-hydrogen) atoms. The van der Waals surface area contributed by atoms with Crippen LogP contribution in [-0.4, -0.2) is 42.0 Å². The molecule has 1 aliphatic rings. The first-order valence-corrected chi connectivity index (χ1v) is 11.0. The average molecular weight is 375 g/mol. The lowest BCUT2D eigenvalue weighted by Crippen LogP contribution is -2.25. The smallest absolute Gasteiger partial charge is 0.255 e. The van der Waals surface area contributed by atoms with Crippen LogP contribution < -0.4 is 11.1 Å². The molecular formula is C22H38N4O. The number of nitrogen functional groups attached to an aromatic ring is 1. The van der Waals surface area contributed by atoms with Gasteiger partial charge in [-0.05, 0) is 57.5 Å². The summed E-state index contributed by atoms with van der Waals surface area (Å²) in [6.07, 6.45) is 17.5. The van der Waals surface area contributed by atoms with Crippen molar-refractivity contribution in [2.45, 2.75) is 77.0 Å². The Hall–Kier alpha value is -1.62. The van der Waals surface area contributed by atoms with Gasteiger partial charge in [0.05, 0.1) is 5.56 Å². The third kappa shape index (κ3) is 9.23. The Bertz CT molecular complexity index is 529. The van der Waals surface area contributed by atoms with Gasteiger partial charge in [-0.2, -0.15) is 0 Å². The maximum absolute atomic E-state index is 12.0. The van der Waals surface area contributed by atoms with Crippen LogP contribution in [0.3, 0.4) is 0 Å². The maximum Gasteiger partial charge on any atom is 0.255 e. The molecule has 3 N–H and O–H groups in total. The number of pyridine rings is 1. The van der Waals surface area contributed by atoms with Crippen molar-refractivity contribution in [2.75, 3.05) is 31.9 Å². The van der Waals surface area contributed by atoms with E-state index in [-0.39, 0.29) is 5.91 Å². The van der Waals surface area contributed by atoms with E-state index in [9.17, 15) is 4.79 Å². The van der Waals surface area contributed by atoms with E-state index < -0.39 is 0 Å². The van der Waals surface area contributed by atoms with Crippen molar-refractivity contribution in [2.24, 2.45) is 0 Å². The van der Waals surface area contributed by atoms with E-state index in [1.54, 1.807) is 18.3 Å². The Kier molecular flexibility index (Phi) is 10.9. The van der Waals surface area contributed by atoms with Crippen molar-refractivity contribution in [3.63, 3.8) is 0 Å².